The van der Waals surface area contributed by atoms with E-state index in [1.807, 2.05) is 0 Å². The standard InChI is InChI=1S/C14H17N2O7PS2/c1-16(2)26(22,23)12-9-7-11(8-10-12)25(20,21)15-13-5-3-4-6-14(13)24(17,18)19/h3-10,15H,1-2H3,(H2,17,18,19). The highest BCUT2D eigenvalue weighted by Gasteiger charge is 2.25. The number of hydrogen-bond donors (Lipinski definition) is 3. The molecular weight excluding hydrogens is 403 g/mol. The van der Waals surface area contributed by atoms with Gasteiger partial charge in [0.25, 0.3) is 10.0 Å². The van der Waals surface area contributed by atoms with Gasteiger partial charge in [0.1, 0.15) is 0 Å². The third kappa shape index (κ3) is 4.32. The van der Waals surface area contributed by atoms with Gasteiger partial charge in [-0.2, -0.15) is 0 Å². The molecule has 0 atom stereocenters. The Bertz CT molecular complexity index is 1060. The van der Waals surface area contributed by atoms with Gasteiger partial charge in [-0.3, -0.25) is 9.29 Å². The van der Waals surface area contributed by atoms with Crippen LogP contribution in [-0.4, -0.2) is 45.0 Å². The van der Waals surface area contributed by atoms with Crippen LogP contribution < -0.4 is 10.0 Å². The Hall–Kier alpha value is -1.75. The summed E-state index contributed by atoms with van der Waals surface area (Å²) in [5.41, 5.74) is -0.258. The Morgan fingerprint density at radius 2 is 1.38 bits per heavy atom. The van der Waals surface area contributed by atoms with E-state index in [0.29, 0.717) is 0 Å². The first kappa shape index (κ1) is 20.6. The molecule has 2 aromatic rings. The molecule has 0 aliphatic heterocycles. The zero-order chi connectivity index (χ0) is 19.8. The van der Waals surface area contributed by atoms with Crippen molar-refractivity contribution in [2.24, 2.45) is 0 Å². The van der Waals surface area contributed by atoms with Crippen LogP contribution in [0.15, 0.2) is 58.3 Å². The van der Waals surface area contributed by atoms with E-state index in [4.69, 9.17) is 0 Å². The lowest BCUT2D eigenvalue weighted by atomic mass is 10.3. The molecule has 0 aliphatic carbocycles. The lowest BCUT2D eigenvalue weighted by molar-refractivity contribution is 0.387. The van der Waals surface area contributed by atoms with Gasteiger partial charge in [-0.05, 0) is 36.4 Å². The molecule has 0 heterocycles. The van der Waals surface area contributed by atoms with Crippen molar-refractivity contribution in [2.45, 2.75) is 9.79 Å². The molecule has 0 unspecified atom stereocenters. The van der Waals surface area contributed by atoms with E-state index < -0.39 is 32.9 Å². The fourth-order valence-corrected chi connectivity index (χ4v) is 4.80. The number of anilines is 1. The van der Waals surface area contributed by atoms with Crippen molar-refractivity contribution in [1.82, 2.24) is 4.31 Å². The molecule has 0 fully saturated rings. The summed E-state index contributed by atoms with van der Waals surface area (Å²) < 4.78 is 63.5. The maximum atomic E-state index is 12.5. The van der Waals surface area contributed by atoms with Crippen molar-refractivity contribution < 1.29 is 31.2 Å². The highest BCUT2D eigenvalue weighted by atomic mass is 32.2. The summed E-state index contributed by atoms with van der Waals surface area (Å²) in [4.78, 5) is 18.3. The number of benzene rings is 2. The molecule has 3 N–H and O–H groups in total. The van der Waals surface area contributed by atoms with Crippen LogP contribution in [0, 0.1) is 0 Å². The first-order valence-electron chi connectivity index (χ1n) is 7.06. The normalized spacial score (nSPS) is 13.0. The highest BCUT2D eigenvalue weighted by molar-refractivity contribution is 7.92. The summed E-state index contributed by atoms with van der Waals surface area (Å²) >= 11 is 0. The number of sulfonamides is 2. The van der Waals surface area contributed by atoms with Gasteiger partial charge < -0.3 is 9.79 Å². The van der Waals surface area contributed by atoms with Crippen LogP contribution in [-0.2, 0) is 24.6 Å². The zero-order valence-corrected chi connectivity index (χ0v) is 16.3. The molecule has 9 nitrogen and oxygen atoms in total. The van der Waals surface area contributed by atoms with E-state index in [1.54, 1.807) is 0 Å². The molecular formula is C14H17N2O7PS2. The monoisotopic (exact) mass is 420 g/mol. The SMILES string of the molecule is CN(C)S(=O)(=O)c1ccc(S(=O)(=O)Nc2ccccc2P(=O)(O)O)cc1. The lowest BCUT2D eigenvalue weighted by Crippen LogP contribution is -2.22. The fourth-order valence-electron chi connectivity index (χ4n) is 2.02. The van der Waals surface area contributed by atoms with Crippen molar-refractivity contribution >= 4 is 38.6 Å². The third-order valence-electron chi connectivity index (χ3n) is 3.37. The molecule has 0 aromatic heterocycles. The van der Waals surface area contributed by atoms with Crippen LogP contribution >= 0.6 is 7.60 Å². The van der Waals surface area contributed by atoms with Gasteiger partial charge in [-0.15, -0.1) is 0 Å². The predicted octanol–water partition coefficient (Wildman–Crippen LogP) is 0.541. The van der Waals surface area contributed by atoms with Crippen molar-refractivity contribution in [2.75, 3.05) is 18.8 Å². The van der Waals surface area contributed by atoms with Gasteiger partial charge in [0.05, 0.1) is 20.8 Å². The summed E-state index contributed by atoms with van der Waals surface area (Å²) in [6.45, 7) is 0. The summed E-state index contributed by atoms with van der Waals surface area (Å²) in [5.74, 6) is 0. The van der Waals surface area contributed by atoms with Crippen molar-refractivity contribution in [3.05, 3.63) is 48.5 Å². The topological polar surface area (TPSA) is 141 Å². The van der Waals surface area contributed by atoms with Gasteiger partial charge in [0.15, 0.2) is 0 Å². The fraction of sp³-hybridized carbons (Fsp3) is 0.143. The van der Waals surface area contributed by atoms with Crippen LogP contribution in [0.4, 0.5) is 5.69 Å². The van der Waals surface area contributed by atoms with E-state index in [1.165, 1.54) is 32.3 Å². The van der Waals surface area contributed by atoms with Crippen LogP contribution in [0.25, 0.3) is 0 Å². The number of para-hydroxylation sites is 1. The number of rotatable bonds is 6. The first-order chi connectivity index (χ1) is 11.9. The molecule has 0 saturated carbocycles. The Morgan fingerprint density at radius 1 is 0.885 bits per heavy atom. The summed E-state index contributed by atoms with van der Waals surface area (Å²) in [7, 11) is -9.88. The second kappa shape index (κ2) is 7.10. The van der Waals surface area contributed by atoms with Gasteiger partial charge in [-0.25, -0.2) is 21.1 Å². The molecule has 0 amide bonds. The molecule has 2 aromatic carbocycles. The van der Waals surface area contributed by atoms with Crippen molar-refractivity contribution in [1.29, 1.82) is 0 Å². The van der Waals surface area contributed by atoms with E-state index >= 15 is 0 Å². The molecule has 12 heteroatoms. The first-order valence-corrected chi connectivity index (χ1v) is 11.6. The second-order valence-corrected chi connectivity index (χ2v) is 10.8. The molecule has 2 rings (SSSR count). The minimum Gasteiger partial charge on any atom is -0.321 e. The maximum absolute atomic E-state index is 12.5. The van der Waals surface area contributed by atoms with Crippen molar-refractivity contribution in [3.63, 3.8) is 0 Å². The molecule has 142 valence electrons. The lowest BCUT2D eigenvalue weighted by Gasteiger charge is -2.14. The third-order valence-corrected chi connectivity index (χ3v) is 7.60. The van der Waals surface area contributed by atoms with Gasteiger partial charge >= 0.3 is 7.60 Å². The Labute approximate surface area is 151 Å². The molecule has 0 aliphatic rings. The molecule has 0 spiro atoms. The van der Waals surface area contributed by atoms with Crippen LogP contribution in [0.5, 0.6) is 0 Å². The molecule has 26 heavy (non-hydrogen) atoms. The molecule has 0 radical (unpaired) electrons. The quantitative estimate of drug-likeness (QED) is 0.579. The predicted molar refractivity (Wildman–Crippen MR) is 96.2 cm³/mol. The minimum absolute atomic E-state index is 0.0860. The summed E-state index contributed by atoms with van der Waals surface area (Å²) in [6, 6.07) is 9.59. The molecule has 0 saturated heterocycles. The van der Waals surface area contributed by atoms with Crippen molar-refractivity contribution in [3.8, 4) is 0 Å². The van der Waals surface area contributed by atoms with Gasteiger partial charge in [0.2, 0.25) is 10.0 Å². The smallest absolute Gasteiger partial charge is 0.321 e. The van der Waals surface area contributed by atoms with E-state index in [2.05, 4.69) is 4.72 Å². The minimum atomic E-state index is -4.69. The number of nitrogens with one attached hydrogen (secondary N) is 1. The van der Waals surface area contributed by atoms with Gasteiger partial charge in [0, 0.05) is 14.1 Å². The number of hydrogen-bond acceptors (Lipinski definition) is 5. The maximum Gasteiger partial charge on any atom is 0.358 e. The highest BCUT2D eigenvalue weighted by Crippen LogP contribution is 2.36. The van der Waals surface area contributed by atoms with Crippen LogP contribution in [0.2, 0.25) is 0 Å². The zero-order valence-electron chi connectivity index (χ0n) is 13.8. The van der Waals surface area contributed by atoms with E-state index in [-0.39, 0.29) is 15.5 Å². The van der Waals surface area contributed by atoms with E-state index in [0.717, 1.165) is 34.6 Å². The second-order valence-electron chi connectivity index (χ2n) is 5.43. The Balaban J connectivity index is 2.40. The van der Waals surface area contributed by atoms with Crippen LogP contribution in [0.1, 0.15) is 0 Å². The Morgan fingerprint density at radius 3 is 1.88 bits per heavy atom. The Kier molecular flexibility index (Phi) is 5.62. The summed E-state index contributed by atoms with van der Waals surface area (Å²) in [5, 5.41) is -0.463. The average Bonchev–Trinajstić information content (AvgIpc) is 2.54. The van der Waals surface area contributed by atoms with E-state index in [9.17, 15) is 31.2 Å². The molecule has 0 bridgehead atoms. The summed E-state index contributed by atoms with van der Waals surface area (Å²) in [6.07, 6.45) is 0. The number of nitrogens with zero attached hydrogens (tertiary/aromatic N) is 1. The van der Waals surface area contributed by atoms with Crippen LogP contribution in [0.3, 0.4) is 0 Å². The largest absolute Gasteiger partial charge is 0.358 e. The average molecular weight is 420 g/mol. The van der Waals surface area contributed by atoms with Gasteiger partial charge in [-0.1, -0.05) is 12.1 Å².